The van der Waals surface area contributed by atoms with Gasteiger partial charge >= 0.3 is 0 Å². The predicted octanol–water partition coefficient (Wildman–Crippen LogP) is 3.05. The average Bonchev–Trinajstić information content (AvgIpc) is 2.44. The molecular formula is C15H23N3OS2. The van der Waals surface area contributed by atoms with Crippen molar-refractivity contribution in [3.05, 3.63) is 35.4 Å². The van der Waals surface area contributed by atoms with Crippen LogP contribution in [0.2, 0.25) is 0 Å². The number of aliphatic hydroxyl groups is 1. The zero-order valence-electron chi connectivity index (χ0n) is 12.3. The summed E-state index contributed by atoms with van der Waals surface area (Å²) in [5.74, 6) is 1.92. The maximum absolute atomic E-state index is 9.19. The molecule has 0 radical (unpaired) electrons. The number of nitrogens with two attached hydrogens (primary N) is 1. The molecule has 0 amide bonds. The number of amidine groups is 1. The quantitative estimate of drug-likeness (QED) is 0.436. The van der Waals surface area contributed by atoms with Crippen LogP contribution in [0.15, 0.2) is 24.3 Å². The molecule has 0 aliphatic heterocycles. The number of rotatable bonds is 8. The van der Waals surface area contributed by atoms with E-state index in [1.54, 1.807) is 6.92 Å². The Morgan fingerprint density at radius 2 is 1.90 bits per heavy atom. The third-order valence-corrected chi connectivity index (χ3v) is 4.80. The summed E-state index contributed by atoms with van der Waals surface area (Å²) in [6.07, 6.45) is 1.61. The number of aliphatic hydroxyl groups excluding tert-OH is 1. The standard InChI is InChI=1S/C15H23N3OS2/c1-11(16)21-10-14(6-8-19)13-4-2-12(3-5-13)7-9-20-15(17)18/h2-5,14,16,19H,6-10H2,1H3,(H3,17,18)/t14-/m0/s1. The molecule has 1 aromatic rings. The number of nitrogens with one attached hydrogen (secondary N) is 2. The van der Waals surface area contributed by atoms with E-state index in [0.717, 1.165) is 24.3 Å². The summed E-state index contributed by atoms with van der Waals surface area (Å²) < 4.78 is 0. The van der Waals surface area contributed by atoms with Gasteiger partial charge in [0.05, 0.1) is 5.04 Å². The fourth-order valence-corrected chi connectivity index (χ4v) is 3.33. The van der Waals surface area contributed by atoms with Crippen molar-refractivity contribution in [2.45, 2.75) is 25.7 Å². The first kappa shape index (κ1) is 18.1. The Labute approximate surface area is 134 Å². The van der Waals surface area contributed by atoms with Gasteiger partial charge in [-0.25, -0.2) is 0 Å². The largest absolute Gasteiger partial charge is 0.396 e. The monoisotopic (exact) mass is 325 g/mol. The van der Waals surface area contributed by atoms with Gasteiger partial charge in [-0.05, 0) is 36.8 Å². The summed E-state index contributed by atoms with van der Waals surface area (Å²) >= 11 is 2.88. The van der Waals surface area contributed by atoms with Crippen LogP contribution >= 0.6 is 23.5 Å². The van der Waals surface area contributed by atoms with Crippen LogP contribution < -0.4 is 5.73 Å². The Kier molecular flexibility index (Phi) is 8.49. The van der Waals surface area contributed by atoms with E-state index in [4.69, 9.17) is 16.6 Å². The molecule has 0 unspecified atom stereocenters. The van der Waals surface area contributed by atoms with E-state index in [-0.39, 0.29) is 17.7 Å². The molecule has 0 aromatic heterocycles. The van der Waals surface area contributed by atoms with Crippen LogP contribution in [0.25, 0.3) is 0 Å². The van der Waals surface area contributed by atoms with Crippen LogP contribution in [-0.2, 0) is 6.42 Å². The van der Waals surface area contributed by atoms with Gasteiger partial charge in [-0.3, -0.25) is 10.8 Å². The number of benzene rings is 1. The molecular weight excluding hydrogens is 302 g/mol. The molecule has 0 heterocycles. The Morgan fingerprint density at radius 3 is 2.43 bits per heavy atom. The second kappa shape index (κ2) is 9.87. The lowest BCUT2D eigenvalue weighted by molar-refractivity contribution is 0.279. The zero-order valence-corrected chi connectivity index (χ0v) is 13.9. The van der Waals surface area contributed by atoms with Crippen LogP contribution in [-0.4, -0.2) is 33.4 Å². The first-order chi connectivity index (χ1) is 10.0. The van der Waals surface area contributed by atoms with E-state index in [9.17, 15) is 5.11 Å². The highest BCUT2D eigenvalue weighted by Crippen LogP contribution is 2.25. The van der Waals surface area contributed by atoms with Crippen LogP contribution in [0, 0.1) is 10.8 Å². The lowest BCUT2D eigenvalue weighted by Gasteiger charge is -2.16. The zero-order chi connectivity index (χ0) is 15.7. The van der Waals surface area contributed by atoms with Gasteiger partial charge in [-0.15, -0.1) is 11.8 Å². The van der Waals surface area contributed by atoms with Gasteiger partial charge in [-0.1, -0.05) is 36.0 Å². The van der Waals surface area contributed by atoms with Gasteiger partial charge in [0.1, 0.15) is 0 Å². The van der Waals surface area contributed by atoms with Crippen molar-refractivity contribution in [1.29, 1.82) is 10.8 Å². The molecule has 1 aromatic carbocycles. The predicted molar refractivity (Wildman–Crippen MR) is 94.8 cm³/mol. The van der Waals surface area contributed by atoms with Gasteiger partial charge in [0.25, 0.3) is 0 Å². The van der Waals surface area contributed by atoms with E-state index < -0.39 is 0 Å². The second-order valence-electron chi connectivity index (χ2n) is 4.78. The topological polar surface area (TPSA) is 94.0 Å². The Balaban J connectivity index is 2.59. The first-order valence-electron chi connectivity index (χ1n) is 6.87. The molecule has 1 rings (SSSR count). The molecule has 0 saturated heterocycles. The molecule has 0 aliphatic carbocycles. The Hall–Kier alpha value is -0.980. The van der Waals surface area contributed by atoms with Crippen molar-refractivity contribution in [3.63, 3.8) is 0 Å². The summed E-state index contributed by atoms with van der Waals surface area (Å²) in [7, 11) is 0. The summed E-state index contributed by atoms with van der Waals surface area (Å²) in [4.78, 5) is 0. The van der Waals surface area contributed by atoms with Crippen LogP contribution in [0.3, 0.4) is 0 Å². The summed E-state index contributed by atoms with van der Waals surface area (Å²) in [6.45, 7) is 1.95. The molecule has 0 saturated carbocycles. The van der Waals surface area contributed by atoms with E-state index in [1.807, 2.05) is 0 Å². The fraction of sp³-hybridized carbons (Fsp3) is 0.467. The summed E-state index contributed by atoms with van der Waals surface area (Å²) in [5.41, 5.74) is 7.75. The molecule has 5 N–H and O–H groups in total. The highest BCUT2D eigenvalue weighted by Gasteiger charge is 2.12. The third kappa shape index (κ3) is 7.55. The van der Waals surface area contributed by atoms with Gasteiger partial charge in [0.15, 0.2) is 5.17 Å². The minimum atomic E-state index is 0.161. The van der Waals surface area contributed by atoms with Crippen molar-refractivity contribution in [1.82, 2.24) is 0 Å². The molecule has 1 atom stereocenters. The van der Waals surface area contributed by atoms with E-state index in [1.165, 1.54) is 34.7 Å². The van der Waals surface area contributed by atoms with E-state index >= 15 is 0 Å². The highest BCUT2D eigenvalue weighted by molar-refractivity contribution is 8.13. The number of hydrogen-bond acceptors (Lipinski definition) is 5. The summed E-state index contributed by atoms with van der Waals surface area (Å²) in [6, 6.07) is 8.41. The number of aryl methyl sites for hydroxylation is 1. The van der Waals surface area contributed by atoms with Crippen molar-refractivity contribution in [2.24, 2.45) is 5.73 Å². The maximum Gasteiger partial charge on any atom is 0.151 e. The molecule has 0 bridgehead atoms. The van der Waals surface area contributed by atoms with Gasteiger partial charge in [0, 0.05) is 18.1 Å². The Morgan fingerprint density at radius 1 is 1.24 bits per heavy atom. The first-order valence-corrected chi connectivity index (χ1v) is 8.84. The Bertz CT molecular complexity index is 462. The van der Waals surface area contributed by atoms with Gasteiger partial charge in [-0.2, -0.15) is 0 Å². The summed E-state index contributed by atoms with van der Waals surface area (Å²) in [5, 5.41) is 24.6. The maximum atomic E-state index is 9.19. The minimum Gasteiger partial charge on any atom is -0.396 e. The lowest BCUT2D eigenvalue weighted by Crippen LogP contribution is -2.07. The molecule has 0 aliphatic rings. The third-order valence-electron chi connectivity index (χ3n) is 3.08. The molecule has 0 spiro atoms. The minimum absolute atomic E-state index is 0.161. The SMILES string of the molecule is CC(=N)SC[C@H](CCO)c1ccc(CCSC(=N)N)cc1. The molecule has 116 valence electrons. The van der Waals surface area contributed by atoms with Crippen molar-refractivity contribution in [2.75, 3.05) is 18.1 Å². The molecule has 4 nitrogen and oxygen atoms in total. The second-order valence-corrected chi connectivity index (χ2v) is 7.15. The highest BCUT2D eigenvalue weighted by atomic mass is 32.2. The van der Waals surface area contributed by atoms with Crippen molar-refractivity contribution >= 4 is 33.7 Å². The van der Waals surface area contributed by atoms with Crippen molar-refractivity contribution in [3.8, 4) is 0 Å². The van der Waals surface area contributed by atoms with Gasteiger partial charge < -0.3 is 10.8 Å². The van der Waals surface area contributed by atoms with Crippen LogP contribution in [0.4, 0.5) is 0 Å². The van der Waals surface area contributed by atoms with Crippen molar-refractivity contribution < 1.29 is 5.11 Å². The van der Waals surface area contributed by atoms with E-state index in [2.05, 4.69) is 24.3 Å². The smallest absolute Gasteiger partial charge is 0.151 e. The molecule has 21 heavy (non-hydrogen) atoms. The van der Waals surface area contributed by atoms with Gasteiger partial charge in [0.2, 0.25) is 0 Å². The molecule has 0 fully saturated rings. The molecule has 6 heteroatoms. The van der Waals surface area contributed by atoms with Crippen LogP contribution in [0.1, 0.15) is 30.4 Å². The normalized spacial score (nSPS) is 12.1. The lowest BCUT2D eigenvalue weighted by atomic mass is 9.96. The van der Waals surface area contributed by atoms with E-state index in [0.29, 0.717) is 5.04 Å². The van der Waals surface area contributed by atoms with Crippen LogP contribution in [0.5, 0.6) is 0 Å². The number of thioether (sulfide) groups is 2. The average molecular weight is 326 g/mol. The fourth-order valence-electron chi connectivity index (χ4n) is 1.96. The number of hydrogen-bond donors (Lipinski definition) is 4.